The summed E-state index contributed by atoms with van der Waals surface area (Å²) in [5.74, 6) is 1.28. The van der Waals surface area contributed by atoms with E-state index in [1.165, 1.54) is 11.1 Å². The predicted octanol–water partition coefficient (Wildman–Crippen LogP) is 0.669. The minimum Gasteiger partial charge on any atom is -0.368 e. The lowest BCUT2D eigenvalue weighted by Gasteiger charge is -2.25. The van der Waals surface area contributed by atoms with E-state index in [1.54, 1.807) is 0 Å². The zero-order valence-corrected chi connectivity index (χ0v) is 11.0. The largest absolute Gasteiger partial charge is 0.368 e. The van der Waals surface area contributed by atoms with Crippen molar-refractivity contribution >= 4 is 11.8 Å². The first-order valence-corrected chi connectivity index (χ1v) is 6.43. The Balaban J connectivity index is 1.92. The van der Waals surface area contributed by atoms with E-state index in [1.807, 2.05) is 19.4 Å². The number of aromatic nitrogens is 3. The Morgan fingerprint density at radius 2 is 2.32 bits per heavy atom. The maximum atomic E-state index is 5.82. The lowest BCUT2D eigenvalue weighted by Crippen LogP contribution is -2.29. The predicted molar refractivity (Wildman–Crippen MR) is 74.8 cm³/mol. The topological polar surface area (TPSA) is 82.9 Å². The van der Waals surface area contributed by atoms with Gasteiger partial charge >= 0.3 is 0 Å². The van der Waals surface area contributed by atoms with Gasteiger partial charge in [0.05, 0.1) is 5.69 Å². The molecule has 0 bridgehead atoms. The lowest BCUT2D eigenvalue weighted by molar-refractivity contribution is 0.624. The van der Waals surface area contributed by atoms with E-state index in [0.29, 0.717) is 5.95 Å². The molecule has 3 heterocycles. The molecule has 0 spiro atoms. The molecule has 3 rings (SSSR count). The monoisotopic (exact) mass is 258 g/mol. The van der Waals surface area contributed by atoms with Gasteiger partial charge in [0, 0.05) is 51.1 Å². The minimum absolute atomic E-state index is 0.358. The van der Waals surface area contributed by atoms with E-state index < -0.39 is 0 Å². The normalized spacial score (nSPS) is 14.2. The molecule has 6 nitrogen and oxygen atoms in total. The van der Waals surface area contributed by atoms with Crippen molar-refractivity contribution in [1.82, 2.24) is 20.3 Å². The molecule has 0 unspecified atom stereocenters. The van der Waals surface area contributed by atoms with E-state index in [0.717, 1.165) is 37.6 Å². The number of hydrogen-bond donors (Lipinski definition) is 3. The second-order valence-electron chi connectivity index (χ2n) is 4.83. The highest BCUT2D eigenvalue weighted by Gasteiger charge is 2.19. The summed E-state index contributed by atoms with van der Waals surface area (Å²) in [5, 5.41) is 3.36. The fraction of sp³-hybridized carbons (Fsp3) is 0.385. The maximum Gasteiger partial charge on any atom is 0.222 e. The molecular formula is C13H18N6. The van der Waals surface area contributed by atoms with Crippen LogP contribution < -0.4 is 16.0 Å². The zero-order valence-electron chi connectivity index (χ0n) is 11.0. The van der Waals surface area contributed by atoms with Gasteiger partial charge in [-0.2, -0.15) is 4.98 Å². The third kappa shape index (κ3) is 2.39. The minimum atomic E-state index is 0.358. The molecule has 0 atom stereocenters. The summed E-state index contributed by atoms with van der Waals surface area (Å²) in [6.07, 6.45) is 4.83. The first-order chi connectivity index (χ1) is 9.24. The Hall–Kier alpha value is -2.08. The molecule has 19 heavy (non-hydrogen) atoms. The molecule has 0 aliphatic carbocycles. The van der Waals surface area contributed by atoms with Gasteiger partial charge in [-0.05, 0) is 11.6 Å². The summed E-state index contributed by atoms with van der Waals surface area (Å²) in [4.78, 5) is 13.9. The van der Waals surface area contributed by atoms with Crippen LogP contribution in [0.2, 0.25) is 0 Å². The first kappa shape index (κ1) is 12.0. The quantitative estimate of drug-likeness (QED) is 0.753. The van der Waals surface area contributed by atoms with Gasteiger partial charge in [0.1, 0.15) is 5.82 Å². The van der Waals surface area contributed by atoms with Crippen molar-refractivity contribution in [3.63, 3.8) is 0 Å². The summed E-state index contributed by atoms with van der Waals surface area (Å²) >= 11 is 0. The number of nitrogens with two attached hydrogens (primary N) is 1. The number of fused-ring (bicyclic) bond motifs is 1. The number of hydrogen-bond acceptors (Lipinski definition) is 5. The van der Waals surface area contributed by atoms with Crippen LogP contribution in [0.1, 0.15) is 16.8 Å². The molecule has 0 amide bonds. The van der Waals surface area contributed by atoms with Crippen LogP contribution in [0.25, 0.3) is 0 Å². The fourth-order valence-corrected chi connectivity index (χ4v) is 2.47. The average molecular weight is 258 g/mol. The molecule has 0 fully saturated rings. The van der Waals surface area contributed by atoms with Crippen molar-refractivity contribution in [3.8, 4) is 0 Å². The van der Waals surface area contributed by atoms with Crippen molar-refractivity contribution in [3.05, 3.63) is 35.3 Å². The Morgan fingerprint density at radius 1 is 1.42 bits per heavy atom. The van der Waals surface area contributed by atoms with Gasteiger partial charge in [-0.1, -0.05) is 0 Å². The van der Waals surface area contributed by atoms with E-state index in [-0.39, 0.29) is 0 Å². The summed E-state index contributed by atoms with van der Waals surface area (Å²) in [5.41, 5.74) is 9.27. The van der Waals surface area contributed by atoms with Crippen LogP contribution in [0.3, 0.4) is 0 Å². The summed E-state index contributed by atoms with van der Waals surface area (Å²) in [7, 11) is 2.03. The van der Waals surface area contributed by atoms with E-state index in [2.05, 4.69) is 31.2 Å². The Bertz CT molecular complexity index is 563. The Morgan fingerprint density at radius 3 is 3.11 bits per heavy atom. The van der Waals surface area contributed by atoms with Crippen molar-refractivity contribution in [2.45, 2.75) is 19.5 Å². The highest BCUT2D eigenvalue weighted by molar-refractivity contribution is 5.52. The van der Waals surface area contributed by atoms with Crippen molar-refractivity contribution in [2.75, 3.05) is 24.2 Å². The molecular weight excluding hydrogens is 240 g/mol. The Kier molecular flexibility index (Phi) is 3.08. The number of anilines is 2. The van der Waals surface area contributed by atoms with Crippen LogP contribution in [0, 0.1) is 0 Å². The number of H-pyrrole nitrogens is 1. The van der Waals surface area contributed by atoms with Crippen molar-refractivity contribution in [1.29, 1.82) is 0 Å². The molecule has 6 heteroatoms. The average Bonchev–Trinajstić information content (AvgIpc) is 2.90. The van der Waals surface area contributed by atoms with Crippen molar-refractivity contribution in [2.24, 2.45) is 0 Å². The van der Waals surface area contributed by atoms with E-state index in [9.17, 15) is 0 Å². The number of nitrogens with one attached hydrogen (secondary N) is 2. The summed E-state index contributed by atoms with van der Waals surface area (Å²) < 4.78 is 0. The van der Waals surface area contributed by atoms with Crippen LogP contribution in [0.5, 0.6) is 0 Å². The summed E-state index contributed by atoms with van der Waals surface area (Å²) in [6.45, 7) is 2.55. The van der Waals surface area contributed by atoms with Gasteiger partial charge in [-0.3, -0.25) is 0 Å². The number of aromatic amines is 1. The highest BCUT2D eigenvalue weighted by atomic mass is 15.2. The molecule has 2 aromatic rings. The van der Waals surface area contributed by atoms with Crippen LogP contribution in [-0.4, -0.2) is 28.5 Å². The molecule has 0 saturated carbocycles. The first-order valence-electron chi connectivity index (χ1n) is 6.43. The van der Waals surface area contributed by atoms with Gasteiger partial charge in [0.15, 0.2) is 0 Å². The van der Waals surface area contributed by atoms with Gasteiger partial charge in [0.2, 0.25) is 5.95 Å². The SMILES string of the molecule is CN(Cc1cc[nH]c1)c1nc(N)nc2c1CNCC2. The second-order valence-corrected chi connectivity index (χ2v) is 4.83. The van der Waals surface area contributed by atoms with Crippen LogP contribution in [0.15, 0.2) is 18.5 Å². The zero-order chi connectivity index (χ0) is 13.2. The molecule has 0 saturated heterocycles. The van der Waals surface area contributed by atoms with Crippen molar-refractivity contribution < 1.29 is 0 Å². The smallest absolute Gasteiger partial charge is 0.222 e. The van der Waals surface area contributed by atoms with Gasteiger partial charge in [-0.15, -0.1) is 0 Å². The molecule has 1 aliphatic heterocycles. The molecule has 2 aromatic heterocycles. The molecule has 0 radical (unpaired) electrons. The molecule has 0 aromatic carbocycles. The fourth-order valence-electron chi connectivity index (χ4n) is 2.47. The Labute approximate surface area is 112 Å². The van der Waals surface area contributed by atoms with Crippen LogP contribution >= 0.6 is 0 Å². The van der Waals surface area contributed by atoms with Gasteiger partial charge < -0.3 is 20.9 Å². The molecule has 4 N–H and O–H groups in total. The third-order valence-corrected chi connectivity index (χ3v) is 3.37. The highest BCUT2D eigenvalue weighted by Crippen LogP contribution is 2.24. The van der Waals surface area contributed by atoms with Gasteiger partial charge in [0.25, 0.3) is 0 Å². The van der Waals surface area contributed by atoms with Crippen LogP contribution in [0.4, 0.5) is 11.8 Å². The number of nitrogens with zero attached hydrogens (tertiary/aromatic N) is 3. The number of nitrogen functional groups attached to an aromatic ring is 1. The standard InChI is InChI=1S/C13H18N6/c1-19(8-9-2-4-15-6-9)12-10-7-16-5-3-11(10)17-13(14)18-12/h2,4,6,15-16H,3,5,7-8H2,1H3,(H2,14,17,18). The maximum absolute atomic E-state index is 5.82. The van der Waals surface area contributed by atoms with E-state index >= 15 is 0 Å². The van der Waals surface area contributed by atoms with E-state index in [4.69, 9.17) is 5.73 Å². The van der Waals surface area contributed by atoms with Crippen LogP contribution in [-0.2, 0) is 19.5 Å². The second kappa shape index (κ2) is 4.89. The number of rotatable bonds is 3. The third-order valence-electron chi connectivity index (χ3n) is 3.37. The van der Waals surface area contributed by atoms with Gasteiger partial charge in [-0.25, -0.2) is 4.98 Å². The summed E-state index contributed by atoms with van der Waals surface area (Å²) in [6, 6.07) is 2.06. The lowest BCUT2D eigenvalue weighted by atomic mass is 10.1. The molecule has 1 aliphatic rings. The molecule has 100 valence electrons.